The van der Waals surface area contributed by atoms with Crippen LogP contribution in [0.5, 0.6) is 0 Å². The van der Waals surface area contributed by atoms with E-state index in [1.807, 2.05) is 36.4 Å². The van der Waals surface area contributed by atoms with Gasteiger partial charge >= 0.3 is 0 Å². The van der Waals surface area contributed by atoms with Crippen molar-refractivity contribution in [3.63, 3.8) is 0 Å². The number of nitrogens with two attached hydrogens (primary N) is 1. The molecule has 0 radical (unpaired) electrons. The van der Waals surface area contributed by atoms with Gasteiger partial charge in [-0.25, -0.2) is 0 Å². The van der Waals surface area contributed by atoms with E-state index in [1.54, 1.807) is 19.9 Å². The van der Waals surface area contributed by atoms with Gasteiger partial charge in [-0.05, 0) is 19.9 Å². The van der Waals surface area contributed by atoms with Crippen molar-refractivity contribution in [3.05, 3.63) is 48.0 Å². The third-order valence-corrected chi connectivity index (χ3v) is 3.35. The SMILES string of the molecule is CC(C)(O)c1cc2c(-c3ccccc3)noc2cc1N. The van der Waals surface area contributed by atoms with E-state index in [1.165, 1.54) is 0 Å². The van der Waals surface area contributed by atoms with Crippen molar-refractivity contribution in [2.75, 3.05) is 5.73 Å². The Bertz CT molecular complexity index is 755. The van der Waals surface area contributed by atoms with Crippen LogP contribution in [0.2, 0.25) is 0 Å². The zero-order valence-electron chi connectivity index (χ0n) is 11.4. The summed E-state index contributed by atoms with van der Waals surface area (Å²) in [5.41, 5.74) is 8.48. The largest absolute Gasteiger partial charge is 0.398 e. The standard InChI is InChI=1S/C16H16N2O2/c1-16(2,19)12-8-11-14(9-13(12)17)20-18-15(11)10-6-4-3-5-7-10/h3-9,19H,17H2,1-2H3. The normalized spacial score (nSPS) is 11.9. The molecule has 0 aliphatic heterocycles. The minimum atomic E-state index is -1.01. The Morgan fingerprint density at radius 3 is 2.50 bits per heavy atom. The van der Waals surface area contributed by atoms with E-state index in [2.05, 4.69) is 5.16 Å². The molecule has 0 aliphatic carbocycles. The molecule has 20 heavy (non-hydrogen) atoms. The van der Waals surface area contributed by atoms with Crippen LogP contribution in [0.4, 0.5) is 5.69 Å². The highest BCUT2D eigenvalue weighted by molar-refractivity contribution is 5.94. The van der Waals surface area contributed by atoms with Crippen molar-refractivity contribution in [1.29, 1.82) is 0 Å². The van der Waals surface area contributed by atoms with E-state index in [4.69, 9.17) is 10.3 Å². The summed E-state index contributed by atoms with van der Waals surface area (Å²) < 4.78 is 5.34. The second kappa shape index (κ2) is 4.35. The zero-order chi connectivity index (χ0) is 14.3. The van der Waals surface area contributed by atoms with Crippen LogP contribution in [-0.2, 0) is 5.60 Å². The highest BCUT2D eigenvalue weighted by atomic mass is 16.5. The fourth-order valence-corrected chi connectivity index (χ4v) is 2.33. The lowest BCUT2D eigenvalue weighted by molar-refractivity contribution is 0.0795. The monoisotopic (exact) mass is 268 g/mol. The maximum Gasteiger partial charge on any atom is 0.169 e. The Morgan fingerprint density at radius 1 is 1.15 bits per heavy atom. The van der Waals surface area contributed by atoms with Gasteiger partial charge in [-0.15, -0.1) is 0 Å². The van der Waals surface area contributed by atoms with Crippen molar-refractivity contribution in [2.45, 2.75) is 19.4 Å². The smallest absolute Gasteiger partial charge is 0.169 e. The molecule has 4 nitrogen and oxygen atoms in total. The van der Waals surface area contributed by atoms with Crippen LogP contribution in [0.1, 0.15) is 19.4 Å². The first-order valence-corrected chi connectivity index (χ1v) is 6.44. The predicted octanol–water partition coefficient (Wildman–Crippen LogP) is 3.30. The Balaban J connectivity index is 2.27. The summed E-state index contributed by atoms with van der Waals surface area (Å²) in [6.45, 7) is 3.42. The maximum absolute atomic E-state index is 10.2. The van der Waals surface area contributed by atoms with Crippen LogP contribution in [-0.4, -0.2) is 10.3 Å². The number of rotatable bonds is 2. The van der Waals surface area contributed by atoms with Crippen LogP contribution in [0.3, 0.4) is 0 Å². The van der Waals surface area contributed by atoms with Crippen LogP contribution in [0.25, 0.3) is 22.2 Å². The van der Waals surface area contributed by atoms with Gasteiger partial charge in [-0.3, -0.25) is 0 Å². The van der Waals surface area contributed by atoms with Crippen LogP contribution in [0, 0.1) is 0 Å². The predicted molar refractivity (Wildman–Crippen MR) is 79.1 cm³/mol. The lowest BCUT2D eigenvalue weighted by Gasteiger charge is -2.19. The summed E-state index contributed by atoms with van der Waals surface area (Å²) in [6.07, 6.45) is 0. The molecule has 0 saturated carbocycles. The molecule has 0 aliphatic rings. The number of hydrogen-bond donors (Lipinski definition) is 2. The van der Waals surface area contributed by atoms with Crippen molar-refractivity contribution in [2.24, 2.45) is 0 Å². The second-order valence-electron chi connectivity index (χ2n) is 5.39. The number of fused-ring (bicyclic) bond motifs is 1. The molecule has 0 spiro atoms. The lowest BCUT2D eigenvalue weighted by Crippen LogP contribution is -2.17. The molecule has 1 heterocycles. The van der Waals surface area contributed by atoms with E-state index in [-0.39, 0.29) is 0 Å². The average Bonchev–Trinajstić information content (AvgIpc) is 2.80. The molecule has 3 rings (SSSR count). The van der Waals surface area contributed by atoms with Crippen molar-refractivity contribution in [3.8, 4) is 11.3 Å². The van der Waals surface area contributed by atoms with Crippen molar-refractivity contribution < 1.29 is 9.63 Å². The summed E-state index contributed by atoms with van der Waals surface area (Å²) >= 11 is 0. The molecule has 0 atom stereocenters. The Labute approximate surface area is 116 Å². The molecule has 0 unspecified atom stereocenters. The van der Waals surface area contributed by atoms with Crippen LogP contribution < -0.4 is 5.73 Å². The Hall–Kier alpha value is -2.33. The summed E-state index contributed by atoms with van der Waals surface area (Å²) in [7, 11) is 0. The van der Waals surface area contributed by atoms with Gasteiger partial charge < -0.3 is 15.4 Å². The fraction of sp³-hybridized carbons (Fsp3) is 0.188. The first-order valence-electron chi connectivity index (χ1n) is 6.44. The number of nitrogens with zero attached hydrogens (tertiary/aromatic N) is 1. The molecule has 0 fully saturated rings. The van der Waals surface area contributed by atoms with Gasteiger partial charge in [0, 0.05) is 22.9 Å². The third kappa shape index (κ3) is 2.04. The highest BCUT2D eigenvalue weighted by Gasteiger charge is 2.22. The molecule has 2 aromatic carbocycles. The van der Waals surface area contributed by atoms with E-state index in [9.17, 15) is 5.11 Å². The Kier molecular flexibility index (Phi) is 2.76. The average molecular weight is 268 g/mol. The summed E-state index contributed by atoms with van der Waals surface area (Å²) in [5.74, 6) is 0. The van der Waals surface area contributed by atoms with Gasteiger partial charge in [0.25, 0.3) is 0 Å². The van der Waals surface area contributed by atoms with Gasteiger partial charge in [0.2, 0.25) is 0 Å². The molecule has 3 aromatic rings. The number of anilines is 1. The number of benzene rings is 2. The number of nitrogen functional groups attached to an aromatic ring is 1. The second-order valence-corrected chi connectivity index (χ2v) is 5.39. The fourth-order valence-electron chi connectivity index (χ4n) is 2.33. The van der Waals surface area contributed by atoms with E-state index < -0.39 is 5.60 Å². The molecule has 0 bridgehead atoms. The van der Waals surface area contributed by atoms with Crippen LogP contribution >= 0.6 is 0 Å². The van der Waals surface area contributed by atoms with Gasteiger partial charge in [0.15, 0.2) is 5.58 Å². The van der Waals surface area contributed by atoms with Gasteiger partial charge in [-0.2, -0.15) is 0 Å². The molecule has 102 valence electrons. The number of hydrogen-bond acceptors (Lipinski definition) is 4. The first kappa shape index (κ1) is 12.7. The van der Waals surface area contributed by atoms with Gasteiger partial charge in [0.05, 0.1) is 11.0 Å². The first-order chi connectivity index (χ1) is 9.47. The van der Waals surface area contributed by atoms with Gasteiger partial charge in [0.1, 0.15) is 5.69 Å². The quantitative estimate of drug-likeness (QED) is 0.699. The zero-order valence-corrected chi connectivity index (χ0v) is 11.4. The van der Waals surface area contributed by atoms with Crippen molar-refractivity contribution >= 4 is 16.7 Å². The van der Waals surface area contributed by atoms with Gasteiger partial charge in [-0.1, -0.05) is 35.5 Å². The van der Waals surface area contributed by atoms with Crippen molar-refractivity contribution in [1.82, 2.24) is 5.16 Å². The Morgan fingerprint density at radius 2 is 1.85 bits per heavy atom. The molecular formula is C16H16N2O2. The number of aromatic nitrogens is 1. The topological polar surface area (TPSA) is 72.3 Å². The highest BCUT2D eigenvalue weighted by Crippen LogP contribution is 2.34. The molecule has 0 saturated heterocycles. The minimum absolute atomic E-state index is 0.501. The maximum atomic E-state index is 10.2. The molecule has 4 heteroatoms. The molecule has 1 aromatic heterocycles. The summed E-state index contributed by atoms with van der Waals surface area (Å²) in [4.78, 5) is 0. The lowest BCUT2D eigenvalue weighted by atomic mass is 9.94. The molecule has 3 N–H and O–H groups in total. The van der Waals surface area contributed by atoms with E-state index in [0.29, 0.717) is 16.8 Å². The molecular weight excluding hydrogens is 252 g/mol. The summed E-state index contributed by atoms with van der Waals surface area (Å²) in [5, 5.41) is 15.2. The number of aliphatic hydroxyl groups is 1. The third-order valence-electron chi connectivity index (χ3n) is 3.35. The minimum Gasteiger partial charge on any atom is -0.398 e. The molecule has 0 amide bonds. The summed E-state index contributed by atoms with van der Waals surface area (Å²) in [6, 6.07) is 13.3. The van der Waals surface area contributed by atoms with E-state index in [0.717, 1.165) is 16.6 Å². The van der Waals surface area contributed by atoms with Crippen LogP contribution in [0.15, 0.2) is 47.0 Å². The van der Waals surface area contributed by atoms with E-state index >= 15 is 0 Å².